The Morgan fingerprint density at radius 3 is 2.58 bits per heavy atom. The number of carbonyl (C=O) groups is 2. The summed E-state index contributed by atoms with van der Waals surface area (Å²) in [6.45, 7) is 5.73. The molecule has 2 N–H and O–H groups in total. The standard InChI is InChI=1S/C25H29ClN2O5/c1-5-9-19-21(24(29)33-15(2)3)22(28-25(30)27-19)17-11-8-13-20(31-4)23(17)32-14-16-10-6-7-12-18(16)26/h6-8,10-13,15,22H,5,9,14H2,1-4H3,(H2,27,28,30). The third-order valence-electron chi connectivity index (χ3n) is 5.09. The molecule has 176 valence electrons. The van der Waals surface area contributed by atoms with Crippen LogP contribution in [0.1, 0.15) is 50.8 Å². The van der Waals surface area contributed by atoms with E-state index < -0.39 is 18.0 Å². The van der Waals surface area contributed by atoms with Crippen molar-refractivity contribution >= 4 is 23.6 Å². The first-order valence-corrected chi connectivity index (χ1v) is 11.3. The van der Waals surface area contributed by atoms with Gasteiger partial charge in [0.25, 0.3) is 0 Å². The second-order valence-electron chi connectivity index (χ2n) is 7.89. The Hall–Kier alpha value is -3.19. The van der Waals surface area contributed by atoms with Gasteiger partial charge in [0.15, 0.2) is 11.5 Å². The van der Waals surface area contributed by atoms with Gasteiger partial charge in [0.05, 0.1) is 24.8 Å². The molecule has 1 aliphatic rings. The van der Waals surface area contributed by atoms with Gasteiger partial charge in [0.2, 0.25) is 0 Å². The average molecular weight is 473 g/mol. The molecule has 0 saturated carbocycles. The molecule has 33 heavy (non-hydrogen) atoms. The summed E-state index contributed by atoms with van der Waals surface area (Å²) in [4.78, 5) is 25.6. The Morgan fingerprint density at radius 1 is 1.15 bits per heavy atom. The second kappa shape index (κ2) is 11.1. The van der Waals surface area contributed by atoms with Gasteiger partial charge < -0.3 is 24.8 Å². The molecule has 2 aromatic carbocycles. The molecule has 0 radical (unpaired) electrons. The Morgan fingerprint density at radius 2 is 1.91 bits per heavy atom. The molecule has 2 amide bonds. The smallest absolute Gasteiger partial charge is 0.338 e. The van der Waals surface area contributed by atoms with Crippen molar-refractivity contribution in [2.45, 2.75) is 52.4 Å². The van der Waals surface area contributed by atoms with E-state index in [0.29, 0.717) is 39.8 Å². The van der Waals surface area contributed by atoms with Crippen LogP contribution in [0.4, 0.5) is 4.79 Å². The lowest BCUT2D eigenvalue weighted by molar-refractivity contribution is -0.143. The zero-order valence-electron chi connectivity index (χ0n) is 19.2. The molecular formula is C25H29ClN2O5. The molecule has 0 spiro atoms. The van der Waals surface area contributed by atoms with Crippen molar-refractivity contribution in [3.05, 3.63) is 69.9 Å². The van der Waals surface area contributed by atoms with Crippen LogP contribution < -0.4 is 20.1 Å². The number of methoxy groups -OCH3 is 1. The maximum absolute atomic E-state index is 13.1. The van der Waals surface area contributed by atoms with E-state index in [1.807, 2.05) is 25.1 Å². The number of hydrogen-bond donors (Lipinski definition) is 2. The van der Waals surface area contributed by atoms with Crippen LogP contribution >= 0.6 is 11.6 Å². The van der Waals surface area contributed by atoms with Crippen LogP contribution in [0.2, 0.25) is 5.02 Å². The predicted octanol–water partition coefficient (Wildman–Crippen LogP) is 5.29. The van der Waals surface area contributed by atoms with Gasteiger partial charge in [-0.15, -0.1) is 0 Å². The Labute approximate surface area is 199 Å². The third-order valence-corrected chi connectivity index (χ3v) is 5.46. The van der Waals surface area contributed by atoms with Crippen molar-refractivity contribution in [1.82, 2.24) is 10.6 Å². The summed E-state index contributed by atoms with van der Waals surface area (Å²) in [6, 6.07) is 11.6. The van der Waals surface area contributed by atoms with Crippen molar-refractivity contribution in [3.8, 4) is 11.5 Å². The number of nitrogens with one attached hydrogen (secondary N) is 2. The number of rotatable bonds is 9. The van der Waals surface area contributed by atoms with Gasteiger partial charge in [-0.2, -0.15) is 0 Å². The van der Waals surface area contributed by atoms with Crippen LogP contribution in [-0.2, 0) is 16.1 Å². The molecule has 7 nitrogen and oxygen atoms in total. The lowest BCUT2D eigenvalue weighted by Crippen LogP contribution is -2.46. The van der Waals surface area contributed by atoms with E-state index in [1.165, 1.54) is 7.11 Å². The van der Waals surface area contributed by atoms with Crippen molar-refractivity contribution in [2.24, 2.45) is 0 Å². The summed E-state index contributed by atoms with van der Waals surface area (Å²) in [5.41, 5.74) is 2.27. The maximum atomic E-state index is 13.1. The molecule has 1 heterocycles. The lowest BCUT2D eigenvalue weighted by Gasteiger charge is -2.31. The normalized spacial score (nSPS) is 15.7. The molecule has 0 aliphatic carbocycles. The summed E-state index contributed by atoms with van der Waals surface area (Å²) < 4.78 is 17.2. The average Bonchev–Trinajstić information content (AvgIpc) is 2.77. The summed E-state index contributed by atoms with van der Waals surface area (Å²) in [7, 11) is 1.54. The van der Waals surface area contributed by atoms with E-state index in [-0.39, 0.29) is 12.7 Å². The van der Waals surface area contributed by atoms with Gasteiger partial charge >= 0.3 is 12.0 Å². The molecule has 2 aromatic rings. The van der Waals surface area contributed by atoms with Crippen LogP contribution in [0.15, 0.2) is 53.7 Å². The van der Waals surface area contributed by atoms with Gasteiger partial charge in [-0.05, 0) is 32.4 Å². The van der Waals surface area contributed by atoms with E-state index in [9.17, 15) is 9.59 Å². The van der Waals surface area contributed by atoms with Gasteiger partial charge in [0, 0.05) is 21.8 Å². The first-order valence-electron chi connectivity index (χ1n) is 10.9. The first-order chi connectivity index (χ1) is 15.8. The van der Waals surface area contributed by atoms with E-state index in [4.69, 9.17) is 25.8 Å². The number of benzene rings is 2. The lowest BCUT2D eigenvalue weighted by atomic mass is 9.92. The topological polar surface area (TPSA) is 85.9 Å². The Balaban J connectivity index is 2.08. The molecule has 0 bridgehead atoms. The molecule has 1 unspecified atom stereocenters. The van der Waals surface area contributed by atoms with Gasteiger partial charge in [0.1, 0.15) is 6.61 Å². The Kier molecular flexibility index (Phi) is 8.22. The number of para-hydroxylation sites is 1. The highest BCUT2D eigenvalue weighted by Crippen LogP contribution is 2.40. The van der Waals surface area contributed by atoms with Gasteiger partial charge in [-0.25, -0.2) is 9.59 Å². The number of amides is 2. The molecule has 3 rings (SSSR count). The highest BCUT2D eigenvalue weighted by Gasteiger charge is 2.36. The van der Waals surface area contributed by atoms with Crippen molar-refractivity contribution in [2.75, 3.05) is 7.11 Å². The number of ether oxygens (including phenoxy) is 3. The molecular weight excluding hydrogens is 444 g/mol. The van der Waals surface area contributed by atoms with Gasteiger partial charge in [-0.3, -0.25) is 0 Å². The van der Waals surface area contributed by atoms with Crippen LogP contribution in [0.3, 0.4) is 0 Å². The largest absolute Gasteiger partial charge is 0.493 e. The van der Waals surface area contributed by atoms with E-state index in [1.54, 1.807) is 38.1 Å². The van der Waals surface area contributed by atoms with Crippen molar-refractivity contribution in [3.63, 3.8) is 0 Å². The first kappa shape index (κ1) is 24.5. The zero-order valence-corrected chi connectivity index (χ0v) is 20.0. The van der Waals surface area contributed by atoms with Crippen LogP contribution in [0, 0.1) is 0 Å². The van der Waals surface area contributed by atoms with Gasteiger partial charge in [-0.1, -0.05) is 55.3 Å². The number of halogens is 1. The second-order valence-corrected chi connectivity index (χ2v) is 8.29. The minimum absolute atomic E-state index is 0.184. The third kappa shape index (κ3) is 5.79. The number of allylic oxidation sites excluding steroid dienone is 1. The monoisotopic (exact) mass is 472 g/mol. The fourth-order valence-electron chi connectivity index (χ4n) is 3.66. The van der Waals surface area contributed by atoms with E-state index >= 15 is 0 Å². The minimum atomic E-state index is -0.775. The molecule has 0 fully saturated rings. The van der Waals surface area contributed by atoms with Crippen molar-refractivity contribution in [1.29, 1.82) is 0 Å². The van der Waals surface area contributed by atoms with Crippen LogP contribution in [0.5, 0.6) is 11.5 Å². The molecule has 0 saturated heterocycles. The van der Waals surface area contributed by atoms with Crippen LogP contribution in [-0.4, -0.2) is 25.2 Å². The number of urea groups is 1. The minimum Gasteiger partial charge on any atom is -0.493 e. The molecule has 0 aromatic heterocycles. The quantitative estimate of drug-likeness (QED) is 0.484. The summed E-state index contributed by atoms with van der Waals surface area (Å²) in [6.07, 6.45) is 0.952. The predicted molar refractivity (Wildman–Crippen MR) is 126 cm³/mol. The number of carbonyl (C=O) groups excluding carboxylic acids is 2. The van der Waals surface area contributed by atoms with Crippen LogP contribution in [0.25, 0.3) is 0 Å². The number of hydrogen-bond acceptors (Lipinski definition) is 5. The Bertz CT molecular complexity index is 1050. The summed E-state index contributed by atoms with van der Waals surface area (Å²) in [5.74, 6) is 0.393. The SMILES string of the molecule is CCCC1=C(C(=O)OC(C)C)C(c2cccc(OC)c2OCc2ccccc2Cl)NC(=O)N1. The molecule has 1 aliphatic heterocycles. The maximum Gasteiger partial charge on any atom is 0.338 e. The summed E-state index contributed by atoms with van der Waals surface area (Å²) >= 11 is 6.29. The van der Waals surface area contributed by atoms with E-state index in [2.05, 4.69) is 10.6 Å². The molecule has 8 heteroatoms. The highest BCUT2D eigenvalue weighted by molar-refractivity contribution is 6.31. The summed E-state index contributed by atoms with van der Waals surface area (Å²) in [5, 5.41) is 6.21. The van der Waals surface area contributed by atoms with E-state index in [0.717, 1.165) is 12.0 Å². The highest BCUT2D eigenvalue weighted by atomic mass is 35.5. The zero-order chi connectivity index (χ0) is 24.0. The fourth-order valence-corrected chi connectivity index (χ4v) is 3.85. The van der Waals surface area contributed by atoms with Crippen molar-refractivity contribution < 1.29 is 23.8 Å². The fraction of sp³-hybridized carbons (Fsp3) is 0.360. The number of esters is 1. The molecule has 1 atom stereocenters.